The van der Waals surface area contributed by atoms with Crippen molar-refractivity contribution < 1.29 is 102 Å². The number of phosphoric acid groups is 1. The molecule has 0 rings (SSSR count). The van der Waals surface area contributed by atoms with Crippen LogP contribution in [0.15, 0.2) is 0 Å². The Balaban J connectivity index is -0.00000800. The van der Waals surface area contributed by atoms with Crippen molar-refractivity contribution in [3.8, 4) is 0 Å². The van der Waals surface area contributed by atoms with Gasteiger partial charge in [-0.3, -0.25) is 14.4 Å². The fourth-order valence-corrected chi connectivity index (χ4v) is 4.80. The summed E-state index contributed by atoms with van der Waals surface area (Å²) in [5.41, 5.74) is 0. The Morgan fingerprint density at radius 1 is 0.651 bits per heavy atom. The van der Waals surface area contributed by atoms with Crippen LogP contribution in [-0.4, -0.2) is 43.7 Å². The molecule has 0 aromatic heterocycles. The molecule has 10 nitrogen and oxygen atoms in total. The Kier molecular flexibility index (Phi) is 37.7. The molecule has 0 aliphatic carbocycles. The van der Waals surface area contributed by atoms with Gasteiger partial charge in [0.15, 0.2) is 6.10 Å². The largest absolute Gasteiger partial charge is 1.00 e. The molecule has 43 heavy (non-hydrogen) atoms. The van der Waals surface area contributed by atoms with E-state index in [2.05, 4.69) is 16.8 Å². The number of carbonyl (C=O) groups is 3. The van der Waals surface area contributed by atoms with Crippen molar-refractivity contribution in [2.24, 2.45) is 0 Å². The van der Waals surface area contributed by atoms with Gasteiger partial charge in [-0.15, -0.1) is 0 Å². The van der Waals surface area contributed by atoms with E-state index < -0.39 is 32.5 Å². The second-order valence-corrected chi connectivity index (χ2v) is 12.0. The third-order valence-corrected chi connectivity index (χ3v) is 7.28. The monoisotopic (exact) mass is 651 g/mol. The minimum atomic E-state index is -5.24. The molecule has 0 unspecified atom stereocenters. The van der Waals surface area contributed by atoms with Crippen molar-refractivity contribution in [2.45, 2.75) is 155 Å². The van der Waals surface area contributed by atoms with Gasteiger partial charge in [0, 0.05) is 26.3 Å². The summed E-state index contributed by atoms with van der Waals surface area (Å²) < 4.78 is 25.5. The number of phosphoric ester groups is 1. The van der Waals surface area contributed by atoms with Crippen LogP contribution >= 0.6 is 7.82 Å². The molecule has 1 atom stereocenters. The zero-order chi connectivity index (χ0) is 30.6. The SMILES string of the molecule is CCCCCCCCC(=O)O[C@H](COC(=O)CCCCCCCCCCCCCCCNC(C)=O)COP(=O)([O-])[O-].[Na+].[Na+]. The van der Waals surface area contributed by atoms with Gasteiger partial charge in [-0.05, 0) is 19.3 Å². The summed E-state index contributed by atoms with van der Waals surface area (Å²) >= 11 is 0. The van der Waals surface area contributed by atoms with E-state index in [0.717, 1.165) is 64.3 Å². The van der Waals surface area contributed by atoms with Gasteiger partial charge in [0.05, 0.1) is 14.4 Å². The van der Waals surface area contributed by atoms with E-state index in [1.54, 1.807) is 6.92 Å². The fourth-order valence-electron chi connectivity index (χ4n) is 4.45. The van der Waals surface area contributed by atoms with Crippen LogP contribution in [0.1, 0.15) is 149 Å². The van der Waals surface area contributed by atoms with Crippen LogP contribution in [0, 0.1) is 0 Å². The zero-order valence-electron chi connectivity index (χ0n) is 27.7. The summed E-state index contributed by atoms with van der Waals surface area (Å²) in [6.45, 7) is 3.44. The van der Waals surface area contributed by atoms with Gasteiger partial charge < -0.3 is 33.7 Å². The molecule has 0 aromatic carbocycles. The predicted molar refractivity (Wildman–Crippen MR) is 156 cm³/mol. The van der Waals surface area contributed by atoms with Crippen LogP contribution in [-0.2, 0) is 32.9 Å². The van der Waals surface area contributed by atoms with E-state index in [9.17, 15) is 28.7 Å². The number of hydrogen-bond donors (Lipinski definition) is 1. The molecule has 0 saturated carbocycles. The third kappa shape index (κ3) is 38.6. The Bertz CT molecular complexity index is 726. The van der Waals surface area contributed by atoms with Gasteiger partial charge in [0.2, 0.25) is 5.91 Å². The molecule has 0 fully saturated rings. The molecular formula is C30H56NNa2O9P. The number of unbranched alkanes of at least 4 members (excludes halogenated alkanes) is 17. The maximum atomic E-state index is 12.1. The van der Waals surface area contributed by atoms with Crippen molar-refractivity contribution in [2.75, 3.05) is 19.8 Å². The van der Waals surface area contributed by atoms with Crippen LogP contribution < -0.4 is 74.2 Å². The molecule has 1 amide bonds. The summed E-state index contributed by atoms with van der Waals surface area (Å²) in [5.74, 6) is -0.949. The maximum absolute atomic E-state index is 12.1. The smallest absolute Gasteiger partial charge is 0.790 e. The summed E-state index contributed by atoms with van der Waals surface area (Å²) in [6, 6.07) is 0. The molecule has 0 radical (unpaired) electrons. The second kappa shape index (κ2) is 33.9. The molecule has 0 aliphatic rings. The number of hydrogen-bond acceptors (Lipinski definition) is 9. The van der Waals surface area contributed by atoms with Crippen LogP contribution in [0.25, 0.3) is 0 Å². The van der Waals surface area contributed by atoms with Crippen molar-refractivity contribution in [1.29, 1.82) is 0 Å². The molecule has 1 N–H and O–H groups in total. The number of nitrogens with one attached hydrogen (secondary N) is 1. The van der Waals surface area contributed by atoms with Crippen LogP contribution in [0.4, 0.5) is 0 Å². The first-order chi connectivity index (χ1) is 19.6. The summed E-state index contributed by atoms with van der Waals surface area (Å²) in [5, 5.41) is 2.82. The van der Waals surface area contributed by atoms with Crippen LogP contribution in [0.3, 0.4) is 0 Å². The Hall–Kier alpha value is 0.520. The third-order valence-electron chi connectivity index (χ3n) is 6.81. The zero-order valence-corrected chi connectivity index (χ0v) is 32.6. The first kappa shape index (κ1) is 47.9. The van der Waals surface area contributed by atoms with Crippen molar-refractivity contribution in [1.82, 2.24) is 5.32 Å². The summed E-state index contributed by atoms with van der Waals surface area (Å²) in [7, 11) is -5.24. The molecule has 0 heterocycles. The first-order valence-electron chi connectivity index (χ1n) is 15.9. The van der Waals surface area contributed by atoms with E-state index in [-0.39, 0.29) is 84.5 Å². The minimum absolute atomic E-state index is 0. The van der Waals surface area contributed by atoms with Crippen molar-refractivity contribution in [3.05, 3.63) is 0 Å². The molecule has 13 heteroatoms. The van der Waals surface area contributed by atoms with Crippen LogP contribution in [0.5, 0.6) is 0 Å². The summed E-state index contributed by atoms with van der Waals surface area (Å²) in [4.78, 5) is 56.7. The molecule has 0 aromatic rings. The van der Waals surface area contributed by atoms with E-state index in [1.807, 2.05) is 0 Å². The normalized spacial score (nSPS) is 11.6. The van der Waals surface area contributed by atoms with Gasteiger partial charge in [0.25, 0.3) is 0 Å². The molecule has 0 bridgehead atoms. The average Bonchev–Trinajstić information content (AvgIpc) is 2.91. The van der Waals surface area contributed by atoms with Gasteiger partial charge in [-0.25, -0.2) is 0 Å². The summed E-state index contributed by atoms with van der Waals surface area (Å²) in [6.07, 6.45) is 19.9. The van der Waals surface area contributed by atoms with Crippen LogP contribution in [0.2, 0.25) is 0 Å². The number of rotatable bonds is 29. The Morgan fingerprint density at radius 3 is 1.51 bits per heavy atom. The van der Waals surface area contributed by atoms with Crippen molar-refractivity contribution >= 4 is 25.7 Å². The van der Waals surface area contributed by atoms with Gasteiger partial charge in [-0.1, -0.05) is 110 Å². The van der Waals surface area contributed by atoms with Gasteiger partial charge in [-0.2, -0.15) is 0 Å². The Morgan fingerprint density at radius 2 is 1.07 bits per heavy atom. The maximum Gasteiger partial charge on any atom is 1.00 e. The number of carbonyl (C=O) groups excluding carboxylic acids is 3. The second-order valence-electron chi connectivity index (χ2n) is 10.9. The fraction of sp³-hybridized carbons (Fsp3) is 0.900. The molecule has 242 valence electrons. The average molecular weight is 652 g/mol. The predicted octanol–water partition coefficient (Wildman–Crippen LogP) is -0.357. The molecule has 0 saturated heterocycles. The minimum Gasteiger partial charge on any atom is -0.790 e. The number of amides is 1. The first-order valence-corrected chi connectivity index (χ1v) is 17.4. The molecular weight excluding hydrogens is 595 g/mol. The number of esters is 2. The molecule has 0 aliphatic heterocycles. The Labute approximate surface area is 305 Å². The van der Waals surface area contributed by atoms with Gasteiger partial charge >= 0.3 is 71.1 Å². The van der Waals surface area contributed by atoms with Crippen molar-refractivity contribution in [3.63, 3.8) is 0 Å². The van der Waals surface area contributed by atoms with E-state index in [4.69, 9.17) is 9.47 Å². The van der Waals surface area contributed by atoms with E-state index >= 15 is 0 Å². The molecule has 0 spiro atoms. The van der Waals surface area contributed by atoms with Gasteiger partial charge in [0.1, 0.15) is 6.61 Å². The number of ether oxygens (including phenoxy) is 2. The van der Waals surface area contributed by atoms with E-state index in [1.165, 1.54) is 51.4 Å². The van der Waals surface area contributed by atoms with E-state index in [0.29, 0.717) is 12.8 Å². The standard InChI is InChI=1S/C30H58NO9P.2Na/c1-3-4-5-6-16-20-23-30(34)40-28(26-39-41(35,36)37)25-38-29(33)22-19-17-14-12-10-8-7-9-11-13-15-18-21-24-31-27(2)32;;/h28H,3-26H2,1-2H3,(H,31,32)(H2,35,36,37);;/q;2*+1/p-2/t28-;;/m1../s1. The topological polar surface area (TPSA) is 154 Å². The quantitative estimate of drug-likeness (QED) is 0.0495.